The van der Waals surface area contributed by atoms with E-state index in [9.17, 15) is 9.59 Å². The number of para-hydroxylation sites is 1. The van der Waals surface area contributed by atoms with Crippen molar-refractivity contribution in [2.24, 2.45) is 0 Å². The number of fused-ring (bicyclic) bond motifs is 1. The fourth-order valence-corrected chi connectivity index (χ4v) is 6.00. The number of carbonyl (C=O) groups is 2. The maximum atomic E-state index is 13.2. The molecule has 0 aliphatic carbocycles. The van der Waals surface area contributed by atoms with Crippen LogP contribution in [0, 0.1) is 6.92 Å². The number of rotatable bonds is 12. The second-order valence-corrected chi connectivity index (χ2v) is 11.0. The van der Waals surface area contributed by atoms with Crippen LogP contribution >= 0.6 is 0 Å². The van der Waals surface area contributed by atoms with E-state index < -0.39 is 0 Å². The highest BCUT2D eigenvalue weighted by molar-refractivity contribution is 6.50. The highest BCUT2D eigenvalue weighted by Crippen LogP contribution is 2.36. The van der Waals surface area contributed by atoms with Crippen molar-refractivity contribution in [1.29, 1.82) is 0 Å². The van der Waals surface area contributed by atoms with Gasteiger partial charge in [0, 0.05) is 47.6 Å². The fourth-order valence-electron chi connectivity index (χ4n) is 6.00. The van der Waals surface area contributed by atoms with Crippen LogP contribution in [0.1, 0.15) is 48.9 Å². The third-order valence-electron chi connectivity index (χ3n) is 8.19. The van der Waals surface area contributed by atoms with E-state index in [1.54, 1.807) is 0 Å². The molecule has 0 unspecified atom stereocenters. The number of carbonyl (C=O) groups excluding carboxylic acids is 2. The van der Waals surface area contributed by atoms with Crippen LogP contribution in [0.3, 0.4) is 0 Å². The Hall–Kier alpha value is -4.17. The van der Waals surface area contributed by atoms with Crippen LogP contribution in [0.15, 0.2) is 67.3 Å². The first kappa shape index (κ1) is 27.0. The average molecular weight is 552 g/mol. The lowest BCUT2D eigenvalue weighted by atomic mass is 9.96. The van der Waals surface area contributed by atoms with Gasteiger partial charge in [-0.25, -0.2) is 4.98 Å². The summed E-state index contributed by atoms with van der Waals surface area (Å²) in [4.78, 5) is 32.9. The monoisotopic (exact) mass is 551 g/mol. The van der Waals surface area contributed by atoms with E-state index in [-0.39, 0.29) is 11.8 Å². The number of imide groups is 1. The molecule has 1 fully saturated rings. The zero-order chi connectivity index (χ0) is 28.2. The molecule has 212 valence electrons. The third-order valence-corrected chi connectivity index (χ3v) is 8.19. The molecule has 6 rings (SSSR count). The summed E-state index contributed by atoms with van der Waals surface area (Å²) in [5, 5.41) is 3.49. The summed E-state index contributed by atoms with van der Waals surface area (Å²) in [5.74, 6) is 0.0415. The van der Waals surface area contributed by atoms with Crippen molar-refractivity contribution in [3.8, 4) is 5.75 Å². The molecule has 0 saturated carbocycles. The molecular formula is C33H37N5O3. The van der Waals surface area contributed by atoms with Gasteiger partial charge in [0.25, 0.3) is 11.8 Å². The first-order chi connectivity index (χ1) is 20.1. The van der Waals surface area contributed by atoms with E-state index in [2.05, 4.69) is 37.3 Å². The number of aryl methyl sites for hydroxylation is 3. The van der Waals surface area contributed by atoms with Crippen LogP contribution in [0.4, 0.5) is 0 Å². The van der Waals surface area contributed by atoms with Crippen molar-refractivity contribution >= 4 is 33.9 Å². The number of nitrogens with one attached hydrogen (secondary N) is 1. The third kappa shape index (κ3) is 5.84. The summed E-state index contributed by atoms with van der Waals surface area (Å²) in [6.45, 7) is 7.94. The number of hydrogen-bond donors (Lipinski definition) is 1. The van der Waals surface area contributed by atoms with Gasteiger partial charge < -0.3 is 18.8 Å². The van der Waals surface area contributed by atoms with E-state index in [0.717, 1.165) is 66.8 Å². The molecule has 4 heterocycles. The van der Waals surface area contributed by atoms with Gasteiger partial charge in [0.15, 0.2) is 0 Å². The van der Waals surface area contributed by atoms with Gasteiger partial charge in [-0.1, -0.05) is 30.3 Å². The van der Waals surface area contributed by atoms with Crippen LogP contribution in [-0.4, -0.2) is 57.1 Å². The second kappa shape index (κ2) is 12.1. The molecule has 2 aromatic heterocycles. The Kier molecular flexibility index (Phi) is 8.00. The number of amides is 2. The smallest absolute Gasteiger partial charge is 0.259 e. The van der Waals surface area contributed by atoms with Gasteiger partial charge in [-0.15, -0.1) is 0 Å². The lowest BCUT2D eigenvalue weighted by molar-refractivity contribution is -0.122. The topological polar surface area (TPSA) is 81.4 Å². The first-order valence-corrected chi connectivity index (χ1v) is 14.7. The molecule has 4 aromatic rings. The summed E-state index contributed by atoms with van der Waals surface area (Å²) >= 11 is 0. The summed E-state index contributed by atoms with van der Waals surface area (Å²) in [5.41, 5.74) is 4.48. The maximum absolute atomic E-state index is 13.2. The van der Waals surface area contributed by atoms with Crippen LogP contribution in [-0.2, 0) is 22.7 Å². The van der Waals surface area contributed by atoms with Gasteiger partial charge in [0.05, 0.1) is 24.1 Å². The van der Waals surface area contributed by atoms with Crippen LogP contribution in [0.2, 0.25) is 0 Å². The lowest BCUT2D eigenvalue weighted by Crippen LogP contribution is -2.22. The molecule has 2 aromatic carbocycles. The molecule has 2 aliphatic heterocycles. The van der Waals surface area contributed by atoms with E-state index >= 15 is 0 Å². The zero-order valence-corrected chi connectivity index (χ0v) is 23.6. The van der Waals surface area contributed by atoms with Crippen molar-refractivity contribution in [3.63, 3.8) is 0 Å². The number of likely N-dealkylation sites (tertiary alicyclic amines) is 1. The number of unbranched alkanes of at least 4 members (excludes halogenated alkanes) is 1. The number of hydrogen-bond acceptors (Lipinski definition) is 5. The Morgan fingerprint density at radius 3 is 2.39 bits per heavy atom. The Morgan fingerprint density at radius 2 is 1.61 bits per heavy atom. The van der Waals surface area contributed by atoms with Gasteiger partial charge in [-0.2, -0.15) is 0 Å². The fraction of sp³-hybridized carbons (Fsp3) is 0.364. The number of nitrogens with zero attached hydrogens (tertiary/aromatic N) is 4. The SMILES string of the molecule is Cc1cncn1CCCn1cc(C2=C(c3ccc(OCCCCN4CCCC4)cc3)C(=O)NC2=O)c2ccccc21. The molecular weight excluding hydrogens is 514 g/mol. The van der Waals surface area contributed by atoms with E-state index in [1.165, 1.54) is 25.9 Å². The summed E-state index contributed by atoms with van der Waals surface area (Å²) < 4.78 is 10.3. The standard InChI is InChI=1S/C33H37N5O3/c1-24-21-34-23-38(24)19-8-18-37-22-28(27-9-2-3-10-29(27)37)31-30(32(39)35-33(31)40)25-11-13-26(14-12-25)41-20-7-6-17-36-15-4-5-16-36/h2-3,9-14,21-23H,4-8,15-20H2,1H3,(H,35,39,40). The van der Waals surface area contributed by atoms with Crippen molar-refractivity contribution < 1.29 is 14.3 Å². The summed E-state index contributed by atoms with van der Waals surface area (Å²) in [7, 11) is 0. The van der Waals surface area contributed by atoms with Gasteiger partial charge in [0.2, 0.25) is 0 Å². The minimum atomic E-state index is -0.368. The number of imidazole rings is 1. The number of benzene rings is 2. The highest BCUT2D eigenvalue weighted by Gasteiger charge is 2.33. The predicted molar refractivity (Wildman–Crippen MR) is 160 cm³/mol. The highest BCUT2D eigenvalue weighted by atomic mass is 16.5. The van der Waals surface area contributed by atoms with Gasteiger partial charge in [-0.3, -0.25) is 14.9 Å². The Labute approximate surface area is 240 Å². The van der Waals surface area contributed by atoms with Crippen LogP contribution in [0.25, 0.3) is 22.0 Å². The predicted octanol–water partition coefficient (Wildman–Crippen LogP) is 5.06. The molecule has 0 spiro atoms. The molecule has 0 radical (unpaired) electrons. The van der Waals surface area contributed by atoms with Crippen molar-refractivity contribution in [2.45, 2.75) is 52.1 Å². The van der Waals surface area contributed by atoms with Crippen LogP contribution < -0.4 is 10.1 Å². The molecule has 1 N–H and O–H groups in total. The second-order valence-electron chi connectivity index (χ2n) is 11.0. The van der Waals surface area contributed by atoms with Crippen molar-refractivity contribution in [2.75, 3.05) is 26.2 Å². The Bertz CT molecular complexity index is 1570. The van der Waals surface area contributed by atoms with Gasteiger partial charge in [-0.05, 0) is 82.4 Å². The minimum absolute atomic E-state index is 0.361. The van der Waals surface area contributed by atoms with E-state index in [1.807, 2.05) is 61.2 Å². The lowest BCUT2D eigenvalue weighted by Gasteiger charge is -2.14. The molecule has 1 saturated heterocycles. The number of ether oxygens (including phenoxy) is 1. The molecule has 41 heavy (non-hydrogen) atoms. The largest absolute Gasteiger partial charge is 0.494 e. The van der Waals surface area contributed by atoms with Crippen LogP contribution in [0.5, 0.6) is 5.75 Å². The van der Waals surface area contributed by atoms with Crippen molar-refractivity contribution in [1.82, 2.24) is 24.3 Å². The zero-order valence-electron chi connectivity index (χ0n) is 23.6. The number of aromatic nitrogens is 3. The Balaban J connectivity index is 1.20. The van der Waals surface area contributed by atoms with E-state index in [4.69, 9.17) is 4.74 Å². The van der Waals surface area contributed by atoms with Gasteiger partial charge in [0.1, 0.15) is 5.75 Å². The molecule has 2 aliphatic rings. The average Bonchev–Trinajstić information content (AvgIpc) is 3.77. The first-order valence-electron chi connectivity index (χ1n) is 14.7. The summed E-state index contributed by atoms with van der Waals surface area (Å²) in [6.07, 6.45) is 11.4. The molecule has 8 nitrogen and oxygen atoms in total. The summed E-state index contributed by atoms with van der Waals surface area (Å²) in [6, 6.07) is 15.6. The van der Waals surface area contributed by atoms with Crippen molar-refractivity contribution in [3.05, 3.63) is 84.1 Å². The molecule has 2 amide bonds. The van der Waals surface area contributed by atoms with Gasteiger partial charge >= 0.3 is 0 Å². The minimum Gasteiger partial charge on any atom is -0.494 e. The quantitative estimate of drug-likeness (QED) is 0.197. The maximum Gasteiger partial charge on any atom is 0.259 e. The molecule has 0 bridgehead atoms. The molecule has 0 atom stereocenters. The normalized spacial score (nSPS) is 15.8. The Morgan fingerprint density at radius 1 is 0.854 bits per heavy atom. The van der Waals surface area contributed by atoms with E-state index in [0.29, 0.717) is 23.3 Å². The molecule has 8 heteroatoms.